The summed E-state index contributed by atoms with van der Waals surface area (Å²) >= 11 is 0. The molecule has 5 nitrogen and oxygen atoms in total. The van der Waals surface area contributed by atoms with Crippen LogP contribution in [0.3, 0.4) is 0 Å². The lowest BCUT2D eigenvalue weighted by Crippen LogP contribution is -2.30. The van der Waals surface area contributed by atoms with Crippen LogP contribution in [-0.2, 0) is 11.3 Å². The molecule has 1 saturated heterocycles. The Morgan fingerprint density at radius 3 is 2.32 bits per heavy atom. The van der Waals surface area contributed by atoms with Gasteiger partial charge in [0.1, 0.15) is 11.5 Å². The van der Waals surface area contributed by atoms with Crippen molar-refractivity contribution in [2.24, 2.45) is 0 Å². The summed E-state index contributed by atoms with van der Waals surface area (Å²) in [4.78, 5) is 26.2. The van der Waals surface area contributed by atoms with Crippen molar-refractivity contribution in [3.8, 4) is 5.69 Å². The van der Waals surface area contributed by atoms with E-state index in [1.54, 1.807) is 24.3 Å². The molecule has 0 saturated carbocycles. The van der Waals surface area contributed by atoms with Gasteiger partial charge < -0.3 is 9.88 Å². The average Bonchev–Trinajstić information content (AvgIpc) is 3.12. The van der Waals surface area contributed by atoms with Gasteiger partial charge in [-0.1, -0.05) is 24.3 Å². The smallest absolute Gasteiger partial charge is 0.318 e. The molecule has 3 aromatic rings. The molecule has 0 unspecified atom stereocenters. The Balaban J connectivity index is 1.66. The van der Waals surface area contributed by atoms with E-state index in [2.05, 4.69) is 41.9 Å². The summed E-state index contributed by atoms with van der Waals surface area (Å²) in [6.45, 7) is 7.99. The number of carbonyl (C=O) groups excluding carboxylic acids is 2. The van der Waals surface area contributed by atoms with Gasteiger partial charge in [0.25, 0.3) is 5.91 Å². The van der Waals surface area contributed by atoms with Crippen molar-refractivity contribution in [3.63, 3.8) is 0 Å². The third-order valence-electron chi connectivity index (χ3n) is 5.48. The molecule has 1 aliphatic rings. The standard InChI is InChI=1S/C25H24FN3O2/c1-15-9-16(2)11-21(10-15)29-17(3)12-20(18(29)4)13-23-24(30)28(25(31)27-23)14-19-7-5-6-8-22(19)26/h5-13H,14H2,1-4H3,(H,27,31)/b23-13+. The molecule has 0 spiro atoms. The van der Waals surface area contributed by atoms with E-state index in [0.29, 0.717) is 5.56 Å². The monoisotopic (exact) mass is 417 g/mol. The van der Waals surface area contributed by atoms with Crippen LogP contribution in [0, 0.1) is 33.5 Å². The lowest BCUT2D eigenvalue weighted by Gasteiger charge is -2.12. The number of halogens is 1. The van der Waals surface area contributed by atoms with E-state index in [9.17, 15) is 14.0 Å². The van der Waals surface area contributed by atoms with Crippen LogP contribution in [0.4, 0.5) is 9.18 Å². The Labute approximate surface area is 180 Å². The van der Waals surface area contributed by atoms with Crippen LogP contribution < -0.4 is 5.32 Å². The summed E-state index contributed by atoms with van der Waals surface area (Å²) < 4.78 is 16.1. The van der Waals surface area contributed by atoms with Crippen molar-refractivity contribution in [2.75, 3.05) is 0 Å². The van der Waals surface area contributed by atoms with Crippen molar-refractivity contribution < 1.29 is 14.0 Å². The van der Waals surface area contributed by atoms with Gasteiger partial charge in [0, 0.05) is 22.6 Å². The maximum Gasteiger partial charge on any atom is 0.329 e. The number of hydrogen-bond donors (Lipinski definition) is 1. The molecule has 31 heavy (non-hydrogen) atoms. The second-order valence-electron chi connectivity index (χ2n) is 7.98. The van der Waals surface area contributed by atoms with Crippen LogP contribution in [0.25, 0.3) is 11.8 Å². The number of carbonyl (C=O) groups is 2. The Morgan fingerprint density at radius 1 is 0.968 bits per heavy atom. The van der Waals surface area contributed by atoms with Crippen molar-refractivity contribution in [3.05, 3.63) is 93.7 Å². The largest absolute Gasteiger partial charge is 0.329 e. The molecule has 1 aromatic heterocycles. The van der Waals surface area contributed by atoms with E-state index in [1.807, 2.05) is 19.9 Å². The first-order valence-corrected chi connectivity index (χ1v) is 10.1. The zero-order valence-corrected chi connectivity index (χ0v) is 18.0. The molecule has 0 radical (unpaired) electrons. The van der Waals surface area contributed by atoms with Crippen LogP contribution in [0.1, 0.15) is 33.6 Å². The van der Waals surface area contributed by atoms with E-state index in [1.165, 1.54) is 17.2 Å². The molecule has 1 fully saturated rings. The summed E-state index contributed by atoms with van der Waals surface area (Å²) in [6.07, 6.45) is 1.68. The van der Waals surface area contributed by atoms with Gasteiger partial charge in [-0.25, -0.2) is 9.18 Å². The minimum absolute atomic E-state index is 0.115. The van der Waals surface area contributed by atoms with Crippen LogP contribution in [0.15, 0.2) is 54.2 Å². The lowest BCUT2D eigenvalue weighted by atomic mass is 10.1. The number of aromatic nitrogens is 1. The summed E-state index contributed by atoms with van der Waals surface area (Å²) in [6, 6.07) is 13.9. The summed E-state index contributed by atoms with van der Waals surface area (Å²) in [7, 11) is 0. The summed E-state index contributed by atoms with van der Waals surface area (Å²) in [5, 5.41) is 2.62. The Kier molecular flexibility index (Phi) is 5.23. The van der Waals surface area contributed by atoms with E-state index < -0.39 is 17.8 Å². The second kappa shape index (κ2) is 7.87. The second-order valence-corrected chi connectivity index (χ2v) is 7.98. The highest BCUT2D eigenvalue weighted by Crippen LogP contribution is 2.25. The zero-order valence-electron chi connectivity index (χ0n) is 18.0. The Bertz CT molecular complexity index is 1220. The molecule has 0 bridgehead atoms. The van der Waals surface area contributed by atoms with E-state index in [-0.39, 0.29) is 12.2 Å². The first-order chi connectivity index (χ1) is 14.7. The van der Waals surface area contributed by atoms with Gasteiger partial charge in [-0.3, -0.25) is 9.69 Å². The first-order valence-electron chi connectivity index (χ1n) is 10.1. The van der Waals surface area contributed by atoms with Crippen LogP contribution in [0.2, 0.25) is 0 Å². The predicted molar refractivity (Wildman–Crippen MR) is 118 cm³/mol. The van der Waals surface area contributed by atoms with E-state index in [4.69, 9.17) is 0 Å². The van der Waals surface area contributed by atoms with Gasteiger partial charge in [-0.2, -0.15) is 0 Å². The van der Waals surface area contributed by atoms with Crippen molar-refractivity contribution in [1.82, 2.24) is 14.8 Å². The van der Waals surface area contributed by atoms with Crippen LogP contribution in [0.5, 0.6) is 0 Å². The Hall–Kier alpha value is -3.67. The maximum atomic E-state index is 14.0. The molecular formula is C25H24FN3O2. The number of urea groups is 1. The Morgan fingerprint density at radius 2 is 1.65 bits per heavy atom. The molecule has 0 atom stereocenters. The molecule has 1 N–H and O–H groups in total. The third-order valence-corrected chi connectivity index (χ3v) is 5.48. The normalized spacial score (nSPS) is 15.1. The fraction of sp³-hybridized carbons (Fsp3) is 0.200. The number of nitrogens with zero attached hydrogens (tertiary/aromatic N) is 2. The maximum absolute atomic E-state index is 14.0. The topological polar surface area (TPSA) is 54.3 Å². The molecule has 1 aliphatic heterocycles. The molecule has 2 aromatic carbocycles. The minimum atomic E-state index is -0.553. The number of rotatable bonds is 4. The highest BCUT2D eigenvalue weighted by Gasteiger charge is 2.34. The van der Waals surface area contributed by atoms with Crippen LogP contribution >= 0.6 is 0 Å². The van der Waals surface area contributed by atoms with Crippen molar-refractivity contribution >= 4 is 18.0 Å². The number of amides is 3. The number of aryl methyl sites for hydroxylation is 3. The highest BCUT2D eigenvalue weighted by molar-refractivity contribution is 6.14. The molecular weight excluding hydrogens is 393 g/mol. The summed E-state index contributed by atoms with van der Waals surface area (Å²) in [5.74, 6) is -0.915. The van der Waals surface area contributed by atoms with Gasteiger partial charge in [0.2, 0.25) is 0 Å². The molecule has 3 amide bonds. The van der Waals surface area contributed by atoms with Crippen molar-refractivity contribution in [1.29, 1.82) is 0 Å². The minimum Gasteiger partial charge on any atom is -0.318 e. The molecule has 158 valence electrons. The number of nitrogens with one attached hydrogen (secondary N) is 1. The first kappa shape index (κ1) is 20.6. The molecule has 2 heterocycles. The number of benzene rings is 2. The van der Waals surface area contributed by atoms with E-state index in [0.717, 1.165) is 27.5 Å². The number of hydrogen-bond acceptors (Lipinski definition) is 2. The molecule has 4 rings (SSSR count). The molecule has 6 heteroatoms. The molecule has 0 aliphatic carbocycles. The summed E-state index contributed by atoms with van der Waals surface area (Å²) in [5.41, 5.74) is 6.70. The van der Waals surface area contributed by atoms with Gasteiger partial charge in [0.15, 0.2) is 0 Å². The fourth-order valence-corrected chi connectivity index (χ4v) is 4.08. The van der Waals surface area contributed by atoms with Gasteiger partial charge in [-0.15, -0.1) is 0 Å². The van der Waals surface area contributed by atoms with Gasteiger partial charge in [0.05, 0.1) is 6.54 Å². The predicted octanol–water partition coefficient (Wildman–Crippen LogP) is 4.94. The highest BCUT2D eigenvalue weighted by atomic mass is 19.1. The van der Waals surface area contributed by atoms with Crippen molar-refractivity contribution in [2.45, 2.75) is 34.2 Å². The zero-order chi connectivity index (χ0) is 22.3. The van der Waals surface area contributed by atoms with Gasteiger partial charge in [-0.05, 0) is 74.7 Å². The van der Waals surface area contributed by atoms with Crippen LogP contribution in [-0.4, -0.2) is 21.4 Å². The number of imide groups is 1. The quantitative estimate of drug-likeness (QED) is 0.483. The fourth-order valence-electron chi connectivity index (χ4n) is 4.08. The van der Waals surface area contributed by atoms with Gasteiger partial charge >= 0.3 is 6.03 Å². The lowest BCUT2D eigenvalue weighted by molar-refractivity contribution is -0.123. The average molecular weight is 417 g/mol. The SMILES string of the molecule is Cc1cc(C)cc(-n2c(C)cc(/C=C3/NC(=O)N(Cc4ccccc4F)C3=O)c2C)c1. The third kappa shape index (κ3) is 3.89. The van der Waals surface area contributed by atoms with E-state index >= 15 is 0 Å².